The normalized spacial score (nSPS) is 19.3. The largest absolute Gasteiger partial charge is 0.370 e. The Labute approximate surface area is 96.5 Å². The van der Waals surface area contributed by atoms with Gasteiger partial charge in [0, 0.05) is 12.2 Å². The fourth-order valence-electron chi connectivity index (χ4n) is 1.70. The van der Waals surface area contributed by atoms with Crippen molar-refractivity contribution in [3.63, 3.8) is 0 Å². The van der Waals surface area contributed by atoms with Crippen LogP contribution in [0.25, 0.3) is 0 Å². The number of unbranched alkanes of at least 4 members (excludes halogenated alkanes) is 1. The molecular weight excluding hydrogens is 200 g/mol. The van der Waals surface area contributed by atoms with E-state index in [0.717, 1.165) is 30.7 Å². The minimum Gasteiger partial charge on any atom is -0.370 e. The van der Waals surface area contributed by atoms with Gasteiger partial charge in [0.25, 0.3) is 0 Å². The van der Waals surface area contributed by atoms with Gasteiger partial charge in [0.1, 0.15) is 11.8 Å². The summed E-state index contributed by atoms with van der Waals surface area (Å²) < 4.78 is 5.79. The summed E-state index contributed by atoms with van der Waals surface area (Å²) in [6.45, 7) is 3.62. The molecule has 0 spiro atoms. The smallest absolute Gasteiger partial charge is 0.123 e. The van der Waals surface area contributed by atoms with Gasteiger partial charge in [-0.15, -0.1) is 0 Å². The lowest BCUT2D eigenvalue weighted by Gasteiger charge is -2.12. The first-order valence-corrected chi connectivity index (χ1v) is 5.83. The molecule has 0 N–H and O–H groups in total. The second kappa shape index (κ2) is 5.66. The molecule has 0 aliphatic carbocycles. The SMILES string of the molecule is CCCCOC1C[N]N=C1c1ccccc1. The van der Waals surface area contributed by atoms with Crippen LogP contribution >= 0.6 is 0 Å². The molecular formula is C13H17N2O. The molecule has 1 unspecified atom stereocenters. The molecule has 85 valence electrons. The highest BCUT2D eigenvalue weighted by atomic mass is 16.5. The molecule has 1 aromatic rings. The van der Waals surface area contributed by atoms with Crippen molar-refractivity contribution in [3.8, 4) is 0 Å². The van der Waals surface area contributed by atoms with E-state index in [0.29, 0.717) is 6.54 Å². The molecule has 0 aromatic heterocycles. The van der Waals surface area contributed by atoms with E-state index in [4.69, 9.17) is 4.74 Å². The molecule has 2 rings (SSSR count). The number of benzene rings is 1. The van der Waals surface area contributed by atoms with E-state index >= 15 is 0 Å². The fraction of sp³-hybridized carbons (Fsp3) is 0.462. The monoisotopic (exact) mass is 217 g/mol. The Morgan fingerprint density at radius 2 is 2.12 bits per heavy atom. The molecule has 1 heterocycles. The van der Waals surface area contributed by atoms with Crippen LogP contribution in [0.3, 0.4) is 0 Å². The number of ether oxygens (including phenoxy) is 1. The number of hydrogen-bond acceptors (Lipinski definition) is 2. The van der Waals surface area contributed by atoms with E-state index in [-0.39, 0.29) is 6.10 Å². The first kappa shape index (κ1) is 11.1. The van der Waals surface area contributed by atoms with Crippen LogP contribution in [0.4, 0.5) is 0 Å². The van der Waals surface area contributed by atoms with Crippen LogP contribution in [0.1, 0.15) is 25.3 Å². The van der Waals surface area contributed by atoms with Crippen LogP contribution in [0.5, 0.6) is 0 Å². The highest BCUT2D eigenvalue weighted by Crippen LogP contribution is 2.12. The van der Waals surface area contributed by atoms with Crippen molar-refractivity contribution in [1.29, 1.82) is 0 Å². The topological polar surface area (TPSA) is 35.7 Å². The molecule has 0 saturated heterocycles. The van der Waals surface area contributed by atoms with E-state index in [1.54, 1.807) is 0 Å². The van der Waals surface area contributed by atoms with E-state index in [9.17, 15) is 0 Å². The van der Waals surface area contributed by atoms with Crippen LogP contribution in [0.2, 0.25) is 0 Å². The highest BCUT2D eigenvalue weighted by Gasteiger charge is 2.24. The van der Waals surface area contributed by atoms with Gasteiger partial charge in [0.2, 0.25) is 0 Å². The maximum absolute atomic E-state index is 5.79. The van der Waals surface area contributed by atoms with E-state index < -0.39 is 0 Å². The summed E-state index contributed by atoms with van der Waals surface area (Å²) in [5.74, 6) is 0. The van der Waals surface area contributed by atoms with Crippen LogP contribution < -0.4 is 5.43 Å². The Kier molecular flexibility index (Phi) is 3.94. The lowest BCUT2D eigenvalue weighted by molar-refractivity contribution is 0.101. The first-order chi connectivity index (χ1) is 7.92. The van der Waals surface area contributed by atoms with Gasteiger partial charge in [-0.05, 0) is 6.42 Å². The van der Waals surface area contributed by atoms with Crippen molar-refractivity contribution in [2.24, 2.45) is 5.10 Å². The van der Waals surface area contributed by atoms with Crippen molar-refractivity contribution in [2.45, 2.75) is 25.9 Å². The van der Waals surface area contributed by atoms with Crippen LogP contribution in [-0.4, -0.2) is 25.0 Å². The summed E-state index contributed by atoms with van der Waals surface area (Å²) in [5.41, 5.74) is 6.15. The summed E-state index contributed by atoms with van der Waals surface area (Å²) in [7, 11) is 0. The maximum Gasteiger partial charge on any atom is 0.123 e. The van der Waals surface area contributed by atoms with Crippen LogP contribution in [-0.2, 0) is 4.74 Å². The molecule has 16 heavy (non-hydrogen) atoms. The Hall–Kier alpha value is -1.35. The molecule has 1 aromatic carbocycles. The minimum atomic E-state index is 0.0500. The summed E-state index contributed by atoms with van der Waals surface area (Å²) >= 11 is 0. The lowest BCUT2D eigenvalue weighted by atomic mass is 10.1. The van der Waals surface area contributed by atoms with Crippen molar-refractivity contribution < 1.29 is 4.74 Å². The van der Waals surface area contributed by atoms with E-state index in [2.05, 4.69) is 29.6 Å². The average molecular weight is 217 g/mol. The molecule has 3 heteroatoms. The van der Waals surface area contributed by atoms with Gasteiger partial charge >= 0.3 is 0 Å². The Bertz CT molecular complexity index is 348. The average Bonchev–Trinajstić information content (AvgIpc) is 2.79. The van der Waals surface area contributed by atoms with Gasteiger partial charge in [0.15, 0.2) is 0 Å². The quantitative estimate of drug-likeness (QED) is 0.696. The molecule has 1 atom stereocenters. The third-order valence-corrected chi connectivity index (χ3v) is 2.62. The zero-order valence-electron chi connectivity index (χ0n) is 9.60. The maximum atomic E-state index is 5.79. The Balaban J connectivity index is 1.98. The highest BCUT2D eigenvalue weighted by molar-refractivity contribution is 6.04. The van der Waals surface area contributed by atoms with Gasteiger partial charge in [-0.3, -0.25) is 0 Å². The van der Waals surface area contributed by atoms with Crippen LogP contribution in [0.15, 0.2) is 35.4 Å². The molecule has 0 fully saturated rings. The minimum absolute atomic E-state index is 0.0500. The first-order valence-electron chi connectivity index (χ1n) is 5.83. The summed E-state index contributed by atoms with van der Waals surface area (Å²) in [4.78, 5) is 0. The fourth-order valence-corrected chi connectivity index (χ4v) is 1.70. The number of hydrogen-bond donors (Lipinski definition) is 0. The summed E-state index contributed by atoms with van der Waals surface area (Å²) in [6.07, 6.45) is 2.30. The molecule has 0 amide bonds. The van der Waals surface area contributed by atoms with Crippen molar-refractivity contribution in [1.82, 2.24) is 5.43 Å². The second-order valence-corrected chi connectivity index (χ2v) is 3.89. The van der Waals surface area contributed by atoms with Gasteiger partial charge in [-0.1, -0.05) is 43.7 Å². The van der Waals surface area contributed by atoms with Gasteiger partial charge < -0.3 is 4.74 Å². The van der Waals surface area contributed by atoms with E-state index in [1.165, 1.54) is 0 Å². The lowest BCUT2D eigenvalue weighted by Crippen LogP contribution is -2.25. The van der Waals surface area contributed by atoms with Gasteiger partial charge in [-0.25, -0.2) is 0 Å². The molecule has 1 radical (unpaired) electrons. The molecule has 1 aliphatic heterocycles. The number of rotatable bonds is 5. The predicted molar refractivity (Wildman–Crippen MR) is 64.6 cm³/mol. The summed E-state index contributed by atoms with van der Waals surface area (Å²) in [6, 6.07) is 10.1. The zero-order chi connectivity index (χ0) is 11.2. The Morgan fingerprint density at radius 3 is 2.88 bits per heavy atom. The van der Waals surface area contributed by atoms with Gasteiger partial charge in [0.05, 0.1) is 6.54 Å². The molecule has 0 bridgehead atoms. The second-order valence-electron chi connectivity index (χ2n) is 3.89. The van der Waals surface area contributed by atoms with Crippen molar-refractivity contribution >= 4 is 5.71 Å². The van der Waals surface area contributed by atoms with Crippen LogP contribution in [0, 0.1) is 0 Å². The Morgan fingerprint density at radius 1 is 1.31 bits per heavy atom. The molecule has 3 nitrogen and oxygen atoms in total. The predicted octanol–water partition coefficient (Wildman–Crippen LogP) is 2.19. The zero-order valence-corrected chi connectivity index (χ0v) is 9.60. The molecule has 0 saturated carbocycles. The standard InChI is InChI=1S/C13H17N2O/c1-2-3-9-16-12-10-14-15-13(12)11-7-5-4-6-8-11/h4-8,12H,2-3,9-10H2,1H3. The molecule has 1 aliphatic rings. The van der Waals surface area contributed by atoms with Gasteiger partial charge in [-0.2, -0.15) is 10.5 Å². The summed E-state index contributed by atoms with van der Waals surface area (Å²) in [5, 5.41) is 4.18. The third kappa shape index (κ3) is 2.61. The van der Waals surface area contributed by atoms with Crippen molar-refractivity contribution in [2.75, 3.05) is 13.2 Å². The number of nitrogens with zero attached hydrogens (tertiary/aromatic N) is 2. The van der Waals surface area contributed by atoms with E-state index in [1.807, 2.05) is 18.2 Å². The third-order valence-electron chi connectivity index (χ3n) is 2.62. The van der Waals surface area contributed by atoms with Crippen molar-refractivity contribution in [3.05, 3.63) is 35.9 Å².